The highest BCUT2D eigenvalue weighted by atomic mass is 16.4. The Morgan fingerprint density at radius 1 is 1.32 bits per heavy atom. The molecule has 0 saturated heterocycles. The maximum absolute atomic E-state index is 10.9. The van der Waals surface area contributed by atoms with E-state index in [1.807, 2.05) is 12.1 Å². The molecule has 1 aromatic rings. The van der Waals surface area contributed by atoms with Gasteiger partial charge in [0.2, 0.25) is 5.54 Å². The lowest BCUT2D eigenvalue weighted by atomic mass is 9.96. The average molecular weight is 259 g/mol. The van der Waals surface area contributed by atoms with Crippen molar-refractivity contribution < 1.29 is 15.0 Å². The summed E-state index contributed by atoms with van der Waals surface area (Å²) in [6.07, 6.45) is 0.161. The lowest BCUT2D eigenvalue weighted by Crippen LogP contribution is -2.49. The van der Waals surface area contributed by atoms with Gasteiger partial charge in [-0.15, -0.1) is 0 Å². The number of hydrogen-bond donors (Lipinski definition) is 2. The smallest absolute Gasteiger partial charge is 0.323 e. The summed E-state index contributed by atoms with van der Waals surface area (Å²) in [7, 11) is 0. The number of nitriles is 2. The highest BCUT2D eigenvalue weighted by molar-refractivity contribution is 5.75. The van der Waals surface area contributed by atoms with E-state index in [-0.39, 0.29) is 12.2 Å². The largest absolute Gasteiger partial charge is 0.508 e. The minimum Gasteiger partial charge on any atom is -0.508 e. The van der Waals surface area contributed by atoms with Crippen molar-refractivity contribution in [3.05, 3.63) is 24.3 Å². The molecule has 6 heteroatoms. The minimum absolute atomic E-state index is 0.0232. The van der Waals surface area contributed by atoms with Crippen molar-refractivity contribution in [2.75, 3.05) is 11.4 Å². The molecule has 0 aromatic heterocycles. The molecule has 1 aromatic carbocycles. The van der Waals surface area contributed by atoms with Gasteiger partial charge in [0.1, 0.15) is 24.4 Å². The molecule has 0 atom stereocenters. The molecule has 1 rings (SSSR count). The number of nitrogens with zero attached hydrogens (tertiary/aromatic N) is 3. The van der Waals surface area contributed by atoms with Crippen molar-refractivity contribution in [3.63, 3.8) is 0 Å². The highest BCUT2D eigenvalue weighted by Gasteiger charge is 2.37. The van der Waals surface area contributed by atoms with Crippen molar-refractivity contribution in [2.45, 2.75) is 18.9 Å². The van der Waals surface area contributed by atoms with Crippen molar-refractivity contribution in [1.82, 2.24) is 0 Å². The Hall–Kier alpha value is -2.73. The van der Waals surface area contributed by atoms with Crippen molar-refractivity contribution in [2.24, 2.45) is 0 Å². The van der Waals surface area contributed by atoms with E-state index in [0.717, 1.165) is 0 Å². The van der Waals surface area contributed by atoms with Gasteiger partial charge in [-0.2, -0.15) is 10.5 Å². The summed E-state index contributed by atoms with van der Waals surface area (Å²) < 4.78 is 0. The average Bonchev–Trinajstić information content (AvgIpc) is 2.40. The van der Waals surface area contributed by atoms with Gasteiger partial charge in [0, 0.05) is 5.69 Å². The lowest BCUT2D eigenvalue weighted by Gasteiger charge is -2.33. The van der Waals surface area contributed by atoms with Gasteiger partial charge >= 0.3 is 5.97 Å². The summed E-state index contributed by atoms with van der Waals surface area (Å²) in [5.41, 5.74) is -1.15. The first-order valence-electron chi connectivity index (χ1n) is 5.60. The lowest BCUT2D eigenvalue weighted by molar-refractivity contribution is -0.135. The molecule has 6 nitrogen and oxygen atoms in total. The minimum atomic E-state index is -1.55. The van der Waals surface area contributed by atoms with E-state index in [9.17, 15) is 20.4 Å². The zero-order valence-corrected chi connectivity index (χ0v) is 10.4. The number of hydrogen-bond acceptors (Lipinski definition) is 5. The van der Waals surface area contributed by atoms with Crippen molar-refractivity contribution >= 4 is 11.7 Å². The fourth-order valence-electron chi connectivity index (χ4n) is 1.71. The monoisotopic (exact) mass is 259 g/mol. The summed E-state index contributed by atoms with van der Waals surface area (Å²) in [5.74, 6) is -1.12. The van der Waals surface area contributed by atoms with Gasteiger partial charge in [0.15, 0.2) is 0 Å². The third-order valence-electron chi connectivity index (χ3n) is 2.80. The number of phenolic OH excluding ortho intramolecular Hbond substituents is 1. The quantitative estimate of drug-likeness (QED) is 0.829. The standard InChI is InChI=1S/C13H13N3O3/c1-2-13(8-14,9-15)16(7-12(18)19)10-3-5-11(17)6-4-10/h3-6,17H,2,7H2,1H3,(H,18,19). The van der Waals surface area contributed by atoms with Gasteiger partial charge < -0.3 is 15.1 Å². The Kier molecular flexibility index (Phi) is 4.33. The second-order valence-corrected chi connectivity index (χ2v) is 3.93. The number of aromatic hydroxyl groups is 1. The van der Waals surface area contributed by atoms with Gasteiger partial charge in [0.25, 0.3) is 0 Å². The van der Waals surface area contributed by atoms with Crippen LogP contribution in [0, 0.1) is 22.7 Å². The van der Waals surface area contributed by atoms with E-state index in [0.29, 0.717) is 5.69 Å². The number of aliphatic carboxylic acids is 1. The molecule has 2 N–H and O–H groups in total. The molecule has 0 aliphatic heterocycles. The summed E-state index contributed by atoms with van der Waals surface area (Å²) in [5, 5.41) is 36.6. The molecule has 0 fully saturated rings. The van der Waals surface area contributed by atoms with E-state index in [2.05, 4.69) is 0 Å². The van der Waals surface area contributed by atoms with Gasteiger partial charge in [-0.1, -0.05) is 6.92 Å². The van der Waals surface area contributed by atoms with Crippen LogP contribution in [0.3, 0.4) is 0 Å². The summed E-state index contributed by atoms with van der Waals surface area (Å²) >= 11 is 0. The van der Waals surface area contributed by atoms with Gasteiger partial charge in [0.05, 0.1) is 0 Å². The zero-order chi connectivity index (χ0) is 14.5. The second kappa shape index (κ2) is 5.74. The summed E-state index contributed by atoms with van der Waals surface area (Å²) in [4.78, 5) is 12.2. The molecule has 0 spiro atoms. The number of carboxylic acid groups (broad SMARTS) is 1. The molecule has 98 valence electrons. The van der Waals surface area contributed by atoms with Crippen LogP contribution in [0.15, 0.2) is 24.3 Å². The van der Waals surface area contributed by atoms with Crippen LogP contribution in [0.25, 0.3) is 0 Å². The third kappa shape index (κ3) is 2.93. The van der Waals surface area contributed by atoms with Crippen LogP contribution in [0.1, 0.15) is 13.3 Å². The molecular weight excluding hydrogens is 246 g/mol. The van der Waals surface area contributed by atoms with Gasteiger partial charge in [-0.25, -0.2) is 0 Å². The molecule has 19 heavy (non-hydrogen) atoms. The van der Waals surface area contributed by atoms with Crippen LogP contribution in [0.5, 0.6) is 5.75 Å². The predicted octanol–water partition coefficient (Wildman–Crippen LogP) is 1.48. The first kappa shape index (κ1) is 14.3. The Balaban J connectivity index is 3.30. The van der Waals surface area contributed by atoms with Gasteiger partial charge in [-0.3, -0.25) is 4.79 Å². The molecule has 0 aliphatic carbocycles. The van der Waals surface area contributed by atoms with E-state index >= 15 is 0 Å². The van der Waals surface area contributed by atoms with Crippen LogP contribution in [0.4, 0.5) is 5.69 Å². The fraction of sp³-hybridized carbons (Fsp3) is 0.308. The summed E-state index contributed by atoms with van der Waals surface area (Å²) in [6, 6.07) is 9.43. The normalized spacial score (nSPS) is 10.3. The van der Waals surface area contributed by atoms with Crippen LogP contribution >= 0.6 is 0 Å². The maximum Gasteiger partial charge on any atom is 0.323 e. The molecule has 0 saturated carbocycles. The highest BCUT2D eigenvalue weighted by Crippen LogP contribution is 2.27. The zero-order valence-electron chi connectivity index (χ0n) is 10.4. The second-order valence-electron chi connectivity index (χ2n) is 3.93. The number of carboxylic acids is 1. The van der Waals surface area contributed by atoms with Gasteiger partial charge in [-0.05, 0) is 30.7 Å². The first-order valence-corrected chi connectivity index (χ1v) is 5.60. The van der Waals surface area contributed by atoms with Crippen molar-refractivity contribution in [3.8, 4) is 17.9 Å². The van der Waals surface area contributed by atoms with E-state index in [1.165, 1.54) is 29.2 Å². The number of anilines is 1. The molecule has 0 amide bonds. The van der Waals surface area contributed by atoms with Crippen LogP contribution < -0.4 is 4.90 Å². The molecule has 0 aliphatic rings. The Bertz CT molecular complexity index is 526. The SMILES string of the molecule is CCC(C#N)(C#N)N(CC(=O)O)c1ccc(O)cc1. The number of benzene rings is 1. The third-order valence-corrected chi connectivity index (χ3v) is 2.80. The van der Waals surface area contributed by atoms with Crippen LogP contribution in [0.2, 0.25) is 0 Å². The molecular formula is C13H13N3O3. The fourth-order valence-corrected chi connectivity index (χ4v) is 1.71. The molecule has 0 bridgehead atoms. The predicted molar refractivity (Wildman–Crippen MR) is 67.3 cm³/mol. The van der Waals surface area contributed by atoms with Crippen LogP contribution in [-0.2, 0) is 4.79 Å². The first-order chi connectivity index (χ1) is 8.99. The Labute approximate surface area is 110 Å². The van der Waals surface area contributed by atoms with E-state index < -0.39 is 18.1 Å². The number of carbonyl (C=O) groups is 1. The maximum atomic E-state index is 10.9. The molecule has 0 radical (unpaired) electrons. The van der Waals surface area contributed by atoms with Crippen LogP contribution in [-0.4, -0.2) is 28.3 Å². The Morgan fingerprint density at radius 3 is 2.21 bits per heavy atom. The molecule has 0 unspecified atom stereocenters. The molecule has 0 heterocycles. The summed E-state index contributed by atoms with van der Waals surface area (Å²) in [6.45, 7) is 1.17. The van der Waals surface area contributed by atoms with E-state index in [1.54, 1.807) is 6.92 Å². The number of rotatable bonds is 5. The topological polar surface area (TPSA) is 108 Å². The number of phenols is 1. The van der Waals surface area contributed by atoms with Crippen molar-refractivity contribution in [1.29, 1.82) is 10.5 Å². The Morgan fingerprint density at radius 2 is 1.84 bits per heavy atom. The van der Waals surface area contributed by atoms with E-state index in [4.69, 9.17) is 5.11 Å².